The molecule has 0 N–H and O–H groups in total. The lowest BCUT2D eigenvalue weighted by atomic mass is 9.93. The maximum absolute atomic E-state index is 12.6. The maximum Gasteiger partial charge on any atom is 0.411 e. The zero-order valence-corrected chi connectivity index (χ0v) is 16.4. The largest absolute Gasteiger partial charge is 0.465 e. The van der Waals surface area contributed by atoms with Crippen LogP contribution in [0.2, 0.25) is 0 Å². The molecular weight excluding hydrogens is 364 g/mol. The topological polar surface area (TPSA) is 99.0 Å². The summed E-state index contributed by atoms with van der Waals surface area (Å²) in [5, 5.41) is 11.6. The van der Waals surface area contributed by atoms with Crippen LogP contribution in [0.5, 0.6) is 0 Å². The van der Waals surface area contributed by atoms with Crippen molar-refractivity contribution in [1.29, 1.82) is 0 Å². The molecular formula is C20H24N2O6. The van der Waals surface area contributed by atoms with E-state index < -0.39 is 16.5 Å². The molecule has 0 spiro atoms. The minimum absolute atomic E-state index is 0.0558. The summed E-state index contributed by atoms with van der Waals surface area (Å²) in [6.45, 7) is 5.47. The second-order valence-electron chi connectivity index (χ2n) is 8.06. The molecule has 2 heterocycles. The van der Waals surface area contributed by atoms with Gasteiger partial charge in [-0.2, -0.15) is 0 Å². The number of esters is 1. The molecule has 1 aromatic rings. The van der Waals surface area contributed by atoms with E-state index in [1.807, 2.05) is 26.8 Å². The summed E-state index contributed by atoms with van der Waals surface area (Å²) in [4.78, 5) is 37.1. The third-order valence-electron chi connectivity index (χ3n) is 4.96. The Morgan fingerprint density at radius 2 is 1.96 bits per heavy atom. The smallest absolute Gasteiger partial charge is 0.411 e. The molecule has 8 nitrogen and oxygen atoms in total. The fourth-order valence-electron chi connectivity index (χ4n) is 3.83. The van der Waals surface area contributed by atoms with Gasteiger partial charge in [0.15, 0.2) is 0 Å². The third kappa shape index (κ3) is 3.85. The van der Waals surface area contributed by atoms with Gasteiger partial charge in [0.1, 0.15) is 5.60 Å². The van der Waals surface area contributed by atoms with Crippen LogP contribution in [0.3, 0.4) is 0 Å². The molecule has 2 unspecified atom stereocenters. The molecule has 0 aromatic heterocycles. The van der Waals surface area contributed by atoms with Crippen molar-refractivity contribution in [1.82, 2.24) is 4.90 Å². The van der Waals surface area contributed by atoms with Crippen molar-refractivity contribution < 1.29 is 24.0 Å². The van der Waals surface area contributed by atoms with Crippen LogP contribution in [0.4, 0.5) is 10.5 Å². The van der Waals surface area contributed by atoms with Crippen molar-refractivity contribution in [3.8, 4) is 0 Å². The Morgan fingerprint density at radius 1 is 1.25 bits per heavy atom. The van der Waals surface area contributed by atoms with E-state index in [0.29, 0.717) is 12.0 Å². The molecule has 1 fully saturated rings. The van der Waals surface area contributed by atoms with Crippen LogP contribution in [0, 0.1) is 10.1 Å². The Labute approximate surface area is 163 Å². The number of nitro groups is 1. The van der Waals surface area contributed by atoms with E-state index in [1.54, 1.807) is 11.0 Å². The number of nitro benzene ring substituents is 1. The first-order valence-electron chi connectivity index (χ1n) is 9.20. The quantitative estimate of drug-likeness (QED) is 0.442. The second-order valence-corrected chi connectivity index (χ2v) is 8.06. The molecule has 3 rings (SSSR count). The maximum atomic E-state index is 12.6. The highest BCUT2D eigenvalue weighted by atomic mass is 16.6. The Bertz CT molecular complexity index is 855. The first-order chi connectivity index (χ1) is 13.1. The Balaban J connectivity index is 1.92. The summed E-state index contributed by atoms with van der Waals surface area (Å²) < 4.78 is 10.2. The lowest BCUT2D eigenvalue weighted by Gasteiger charge is -2.35. The number of benzene rings is 1. The van der Waals surface area contributed by atoms with E-state index in [4.69, 9.17) is 4.74 Å². The Kier molecular flexibility index (Phi) is 5.14. The van der Waals surface area contributed by atoms with Gasteiger partial charge in [-0.3, -0.25) is 15.0 Å². The van der Waals surface area contributed by atoms with Crippen molar-refractivity contribution in [2.24, 2.45) is 0 Å². The Hall–Kier alpha value is -2.90. The summed E-state index contributed by atoms with van der Waals surface area (Å²) in [7, 11) is 1.23. The standard InChI is InChI=1S/C20H24N2O6/c1-20(2,3)28-19(24)21-14-6-7-15(21)10-13(9-14)16-8-5-12(18(23)27-4)11-17(16)22(25)26/h5,8-9,11,14-15H,6-7,10H2,1-4H3. The summed E-state index contributed by atoms with van der Waals surface area (Å²) >= 11 is 0. The fraction of sp³-hybridized carbons (Fsp3) is 0.500. The van der Waals surface area contributed by atoms with Gasteiger partial charge in [0.25, 0.3) is 5.69 Å². The zero-order valence-electron chi connectivity index (χ0n) is 16.4. The molecule has 1 amide bonds. The molecule has 1 aromatic carbocycles. The fourth-order valence-corrected chi connectivity index (χ4v) is 3.83. The predicted molar refractivity (Wildman–Crippen MR) is 102 cm³/mol. The number of ether oxygens (including phenoxy) is 2. The van der Waals surface area contributed by atoms with Crippen LogP contribution in [0.25, 0.3) is 5.57 Å². The molecule has 0 saturated carbocycles. The highest BCUT2D eigenvalue weighted by Gasteiger charge is 2.42. The lowest BCUT2D eigenvalue weighted by molar-refractivity contribution is -0.385. The minimum Gasteiger partial charge on any atom is -0.465 e. The summed E-state index contributed by atoms with van der Waals surface area (Å²) in [6.07, 6.45) is 3.67. The van der Waals surface area contributed by atoms with Crippen LogP contribution < -0.4 is 0 Å². The molecule has 150 valence electrons. The monoisotopic (exact) mass is 388 g/mol. The molecule has 0 aliphatic carbocycles. The number of amides is 1. The van der Waals surface area contributed by atoms with Crippen molar-refractivity contribution >= 4 is 23.3 Å². The van der Waals surface area contributed by atoms with E-state index in [9.17, 15) is 19.7 Å². The van der Waals surface area contributed by atoms with Crippen LogP contribution in [-0.2, 0) is 9.47 Å². The summed E-state index contributed by atoms with van der Waals surface area (Å²) in [5.41, 5.74) is 0.698. The van der Waals surface area contributed by atoms with Gasteiger partial charge < -0.3 is 9.47 Å². The van der Waals surface area contributed by atoms with Crippen molar-refractivity contribution in [2.45, 2.75) is 57.7 Å². The molecule has 1 saturated heterocycles. The molecule has 2 atom stereocenters. The van der Waals surface area contributed by atoms with E-state index in [1.165, 1.54) is 19.2 Å². The van der Waals surface area contributed by atoms with Gasteiger partial charge in [0.2, 0.25) is 0 Å². The number of fused-ring (bicyclic) bond motifs is 2. The summed E-state index contributed by atoms with van der Waals surface area (Å²) in [5.74, 6) is -0.622. The van der Waals surface area contributed by atoms with Crippen LogP contribution in [-0.4, -0.2) is 46.7 Å². The predicted octanol–water partition coefficient (Wildman–Crippen LogP) is 3.94. The number of carbonyl (C=O) groups excluding carboxylic acids is 2. The third-order valence-corrected chi connectivity index (χ3v) is 4.96. The van der Waals surface area contributed by atoms with Gasteiger partial charge in [-0.15, -0.1) is 0 Å². The molecule has 2 bridgehead atoms. The molecule has 2 aliphatic heterocycles. The first kappa shape index (κ1) is 19.9. The normalized spacial score (nSPS) is 21.1. The second kappa shape index (κ2) is 7.26. The average molecular weight is 388 g/mol. The highest BCUT2D eigenvalue weighted by Crippen LogP contribution is 2.41. The van der Waals surface area contributed by atoms with Gasteiger partial charge in [-0.25, -0.2) is 9.59 Å². The van der Waals surface area contributed by atoms with Gasteiger partial charge in [0.05, 0.1) is 29.2 Å². The highest BCUT2D eigenvalue weighted by molar-refractivity contribution is 5.91. The van der Waals surface area contributed by atoms with Crippen molar-refractivity contribution in [3.05, 3.63) is 45.5 Å². The van der Waals surface area contributed by atoms with E-state index in [2.05, 4.69) is 4.74 Å². The van der Waals surface area contributed by atoms with Gasteiger partial charge in [-0.1, -0.05) is 6.08 Å². The average Bonchev–Trinajstić information content (AvgIpc) is 2.89. The van der Waals surface area contributed by atoms with Crippen molar-refractivity contribution in [3.63, 3.8) is 0 Å². The zero-order chi connectivity index (χ0) is 20.6. The first-order valence-corrected chi connectivity index (χ1v) is 9.20. The Morgan fingerprint density at radius 3 is 2.54 bits per heavy atom. The van der Waals surface area contributed by atoms with E-state index >= 15 is 0 Å². The van der Waals surface area contributed by atoms with Crippen molar-refractivity contribution in [2.75, 3.05) is 7.11 Å². The minimum atomic E-state index is -0.622. The number of nitrogens with zero attached hydrogens (tertiary/aromatic N) is 2. The van der Waals surface area contributed by atoms with E-state index in [-0.39, 0.29) is 29.4 Å². The van der Waals surface area contributed by atoms with Gasteiger partial charge >= 0.3 is 12.1 Å². The van der Waals surface area contributed by atoms with Crippen LogP contribution in [0.1, 0.15) is 56.0 Å². The van der Waals surface area contributed by atoms with E-state index in [0.717, 1.165) is 18.4 Å². The van der Waals surface area contributed by atoms with Crippen LogP contribution >= 0.6 is 0 Å². The lowest BCUT2D eigenvalue weighted by Crippen LogP contribution is -2.45. The molecule has 8 heteroatoms. The number of hydrogen-bond acceptors (Lipinski definition) is 6. The van der Waals surface area contributed by atoms with Crippen LogP contribution in [0.15, 0.2) is 24.3 Å². The molecule has 2 aliphatic rings. The van der Waals surface area contributed by atoms with Gasteiger partial charge in [0, 0.05) is 12.1 Å². The number of methoxy groups -OCH3 is 1. The number of rotatable bonds is 3. The number of hydrogen-bond donors (Lipinski definition) is 0. The van der Waals surface area contributed by atoms with Gasteiger partial charge in [-0.05, 0) is 57.7 Å². The molecule has 28 heavy (non-hydrogen) atoms. The SMILES string of the molecule is COC(=O)c1ccc(C2=CC3CCC(C2)N3C(=O)OC(C)(C)C)c([N+](=O)[O-])c1. The summed E-state index contributed by atoms with van der Waals surface area (Å²) in [6, 6.07) is 4.14. The number of carbonyl (C=O) groups is 2. The molecule has 0 radical (unpaired) electrons.